The van der Waals surface area contributed by atoms with E-state index in [-0.39, 0.29) is 17.7 Å². The van der Waals surface area contributed by atoms with Gasteiger partial charge >= 0.3 is 0 Å². The smallest absolute Gasteiger partial charge is 0.255 e. The SMILES string of the molecule is CCCCC1(C2(S(=O)(=O)CCCC)c3ccccc3-c3ccccc32)c2ccccc2C(=O)N1C1CCNC1. The van der Waals surface area contributed by atoms with Gasteiger partial charge in [-0.2, -0.15) is 0 Å². The molecule has 2 heterocycles. The Bertz CT molecular complexity index is 1460. The molecule has 3 aliphatic rings. The molecule has 1 N–H and O–H groups in total. The van der Waals surface area contributed by atoms with Gasteiger partial charge in [-0.25, -0.2) is 8.42 Å². The zero-order valence-electron chi connectivity index (χ0n) is 22.9. The van der Waals surface area contributed by atoms with Gasteiger partial charge in [0.1, 0.15) is 0 Å². The average Bonchev–Trinajstić information content (AvgIpc) is 3.65. The van der Waals surface area contributed by atoms with Crippen LogP contribution in [-0.2, 0) is 20.1 Å². The van der Waals surface area contributed by atoms with E-state index in [9.17, 15) is 4.79 Å². The molecule has 0 spiro atoms. The minimum absolute atomic E-state index is 0.0395. The minimum Gasteiger partial charge on any atom is -0.322 e. The molecule has 39 heavy (non-hydrogen) atoms. The summed E-state index contributed by atoms with van der Waals surface area (Å²) in [6, 6.07) is 23.8. The van der Waals surface area contributed by atoms with Crippen LogP contribution >= 0.6 is 0 Å². The van der Waals surface area contributed by atoms with Crippen LogP contribution in [0.5, 0.6) is 0 Å². The fourth-order valence-corrected chi connectivity index (χ4v) is 10.6. The van der Waals surface area contributed by atoms with Gasteiger partial charge in [-0.1, -0.05) is 99.8 Å². The minimum atomic E-state index is -3.83. The maximum Gasteiger partial charge on any atom is 0.255 e. The number of amides is 1. The second-order valence-electron chi connectivity index (χ2n) is 11.3. The van der Waals surface area contributed by atoms with Gasteiger partial charge in [0, 0.05) is 18.2 Å². The van der Waals surface area contributed by atoms with Crippen LogP contribution in [0.25, 0.3) is 11.1 Å². The number of sulfone groups is 1. The molecule has 3 aromatic rings. The molecule has 204 valence electrons. The molecule has 0 bridgehead atoms. The van der Waals surface area contributed by atoms with Crippen molar-refractivity contribution in [3.8, 4) is 11.1 Å². The monoisotopic (exact) mass is 542 g/mol. The second-order valence-corrected chi connectivity index (χ2v) is 13.5. The van der Waals surface area contributed by atoms with Crippen molar-refractivity contribution in [2.45, 2.75) is 68.7 Å². The van der Waals surface area contributed by atoms with Gasteiger partial charge in [0.05, 0.1) is 11.3 Å². The molecule has 6 rings (SSSR count). The van der Waals surface area contributed by atoms with Gasteiger partial charge in [0.2, 0.25) is 0 Å². The summed E-state index contributed by atoms with van der Waals surface area (Å²) in [5.74, 6) is 0.0370. The van der Waals surface area contributed by atoms with E-state index in [0.717, 1.165) is 60.0 Å². The highest BCUT2D eigenvalue weighted by Crippen LogP contribution is 2.66. The van der Waals surface area contributed by atoms with E-state index in [1.807, 2.05) is 72.5 Å². The summed E-state index contributed by atoms with van der Waals surface area (Å²) in [6.07, 6.45) is 4.47. The molecule has 1 amide bonds. The molecule has 1 fully saturated rings. The average molecular weight is 543 g/mol. The highest BCUT2D eigenvalue weighted by atomic mass is 32.2. The largest absolute Gasteiger partial charge is 0.322 e. The molecular formula is C33H38N2O3S. The number of carbonyl (C=O) groups is 1. The van der Waals surface area contributed by atoms with Crippen LogP contribution in [-0.4, -0.2) is 44.1 Å². The summed E-state index contributed by atoms with van der Waals surface area (Å²) >= 11 is 0. The van der Waals surface area contributed by atoms with Gasteiger partial charge in [-0.3, -0.25) is 4.79 Å². The number of unbranched alkanes of at least 4 members (excludes halogenated alkanes) is 2. The van der Waals surface area contributed by atoms with Crippen molar-refractivity contribution in [2.24, 2.45) is 0 Å². The predicted molar refractivity (Wildman–Crippen MR) is 156 cm³/mol. The third-order valence-electron chi connectivity index (χ3n) is 9.24. The molecule has 5 nitrogen and oxygen atoms in total. The maximum absolute atomic E-state index is 15.3. The quantitative estimate of drug-likeness (QED) is 0.359. The van der Waals surface area contributed by atoms with Crippen molar-refractivity contribution in [2.75, 3.05) is 18.8 Å². The van der Waals surface area contributed by atoms with E-state index in [1.54, 1.807) is 0 Å². The topological polar surface area (TPSA) is 66.5 Å². The van der Waals surface area contributed by atoms with Gasteiger partial charge in [0.15, 0.2) is 14.6 Å². The van der Waals surface area contributed by atoms with E-state index in [0.29, 0.717) is 24.9 Å². The van der Waals surface area contributed by atoms with Crippen molar-refractivity contribution < 1.29 is 13.2 Å². The Labute approximate surface area is 232 Å². The summed E-state index contributed by atoms with van der Waals surface area (Å²) in [5.41, 5.74) is 4.01. The van der Waals surface area contributed by atoms with E-state index >= 15 is 8.42 Å². The number of carbonyl (C=O) groups excluding carboxylic acids is 1. The highest BCUT2D eigenvalue weighted by molar-refractivity contribution is 7.92. The van der Waals surface area contributed by atoms with Crippen molar-refractivity contribution in [1.82, 2.24) is 10.2 Å². The van der Waals surface area contributed by atoms with Crippen LogP contribution < -0.4 is 5.32 Å². The van der Waals surface area contributed by atoms with E-state index < -0.39 is 20.1 Å². The first-order valence-corrected chi connectivity index (χ1v) is 16.2. The first-order chi connectivity index (χ1) is 19.0. The van der Waals surface area contributed by atoms with Crippen LogP contribution in [0.1, 0.15) is 79.4 Å². The molecule has 0 aromatic heterocycles. The third-order valence-corrected chi connectivity index (χ3v) is 11.8. The number of fused-ring (bicyclic) bond motifs is 4. The number of benzene rings is 3. The number of nitrogens with zero attached hydrogens (tertiary/aromatic N) is 1. The fraction of sp³-hybridized carbons (Fsp3) is 0.424. The van der Waals surface area contributed by atoms with Gasteiger partial charge in [-0.15, -0.1) is 0 Å². The highest BCUT2D eigenvalue weighted by Gasteiger charge is 2.71. The van der Waals surface area contributed by atoms with Crippen molar-refractivity contribution >= 4 is 15.7 Å². The first-order valence-electron chi connectivity index (χ1n) is 14.5. The summed E-state index contributed by atoms with van der Waals surface area (Å²) in [6.45, 7) is 5.67. The molecule has 2 unspecified atom stereocenters. The normalized spacial score (nSPS) is 23.1. The zero-order valence-corrected chi connectivity index (χ0v) is 23.8. The number of hydrogen-bond acceptors (Lipinski definition) is 4. The summed E-state index contributed by atoms with van der Waals surface area (Å²) in [4.78, 5) is 16.6. The van der Waals surface area contributed by atoms with E-state index in [4.69, 9.17) is 0 Å². The molecule has 1 aliphatic carbocycles. The van der Waals surface area contributed by atoms with Crippen LogP contribution in [0.4, 0.5) is 0 Å². The Hall–Kier alpha value is -2.96. The Morgan fingerprint density at radius 1 is 0.821 bits per heavy atom. The van der Waals surface area contributed by atoms with Gasteiger partial charge < -0.3 is 10.2 Å². The standard InChI is InChI=1S/C33H38N2O3S/c1-3-5-20-32(28-16-10-9-15-27(28)31(36)35(32)24-19-21-34-23-24)33(39(37,38)22-6-4-2)29-17-11-7-13-25(29)26-14-8-12-18-30(26)33/h7-18,24,34H,3-6,19-23H2,1-2H3. The Kier molecular flexibility index (Phi) is 6.67. The molecule has 1 saturated heterocycles. The Balaban J connectivity index is 1.81. The summed E-state index contributed by atoms with van der Waals surface area (Å²) in [7, 11) is -3.83. The van der Waals surface area contributed by atoms with Crippen LogP contribution in [0.3, 0.4) is 0 Å². The predicted octanol–water partition coefficient (Wildman–Crippen LogP) is 6.03. The molecule has 6 heteroatoms. The van der Waals surface area contributed by atoms with Crippen molar-refractivity contribution in [3.05, 3.63) is 95.1 Å². The second kappa shape index (κ2) is 9.90. The lowest BCUT2D eigenvalue weighted by molar-refractivity contribution is 0.0234. The lowest BCUT2D eigenvalue weighted by Crippen LogP contribution is -2.64. The first kappa shape index (κ1) is 26.3. The lowest BCUT2D eigenvalue weighted by atomic mass is 9.69. The van der Waals surface area contributed by atoms with Crippen molar-refractivity contribution in [1.29, 1.82) is 0 Å². The number of hydrogen-bond donors (Lipinski definition) is 1. The summed E-state index contributed by atoms with van der Waals surface area (Å²) in [5, 5.41) is 3.46. The van der Waals surface area contributed by atoms with E-state index in [1.165, 1.54) is 0 Å². The van der Waals surface area contributed by atoms with Gasteiger partial charge in [-0.05, 0) is 59.7 Å². The third kappa shape index (κ3) is 3.47. The van der Waals surface area contributed by atoms with Crippen LogP contribution in [0.15, 0.2) is 72.8 Å². The molecule has 0 radical (unpaired) electrons. The van der Waals surface area contributed by atoms with Crippen LogP contribution in [0.2, 0.25) is 0 Å². The molecular weight excluding hydrogens is 504 g/mol. The molecule has 3 aromatic carbocycles. The Morgan fingerprint density at radius 2 is 1.38 bits per heavy atom. The van der Waals surface area contributed by atoms with Crippen LogP contribution in [0, 0.1) is 0 Å². The molecule has 2 aliphatic heterocycles. The maximum atomic E-state index is 15.3. The van der Waals surface area contributed by atoms with Crippen molar-refractivity contribution in [3.63, 3.8) is 0 Å². The van der Waals surface area contributed by atoms with Gasteiger partial charge in [0.25, 0.3) is 5.91 Å². The number of rotatable bonds is 9. The van der Waals surface area contributed by atoms with E-state index in [2.05, 4.69) is 24.4 Å². The summed E-state index contributed by atoms with van der Waals surface area (Å²) < 4.78 is 29.2. The molecule has 2 atom stereocenters. The fourth-order valence-electron chi connectivity index (χ4n) is 7.74. The molecule has 0 saturated carbocycles. The zero-order chi connectivity index (χ0) is 27.3. The number of nitrogens with one attached hydrogen (secondary N) is 1. The Morgan fingerprint density at radius 3 is 1.95 bits per heavy atom. The lowest BCUT2D eigenvalue weighted by Gasteiger charge is -2.54.